The molecule has 372 valence electrons. The van der Waals surface area contributed by atoms with Crippen molar-refractivity contribution in [3.05, 3.63) is 0 Å². The maximum atomic E-state index is 14.3. The molecule has 2 atom stereocenters. The Hall–Kier alpha value is -2.16. The molecule has 0 aromatic rings. The first-order chi connectivity index (χ1) is 30.4. The molecule has 0 aliphatic rings. The molecular weight excluding hydrogens is 791 g/mol. The van der Waals surface area contributed by atoms with E-state index in [4.69, 9.17) is 18.9 Å². The molecule has 0 bridgehead atoms. The van der Waals surface area contributed by atoms with Gasteiger partial charge in [-0.05, 0) is 85.4 Å². The molecule has 0 heterocycles. The molecule has 0 aromatic carbocycles. The predicted molar refractivity (Wildman–Crippen MR) is 262 cm³/mol. The molecule has 9 heteroatoms. The molecule has 0 aliphatic carbocycles. The summed E-state index contributed by atoms with van der Waals surface area (Å²) in [5.74, 6) is -2.10. The van der Waals surface area contributed by atoms with Crippen molar-refractivity contribution < 1.29 is 38.1 Å². The van der Waals surface area contributed by atoms with E-state index in [0.717, 1.165) is 186 Å². The van der Waals surface area contributed by atoms with Crippen molar-refractivity contribution in [2.24, 2.45) is 23.2 Å². The van der Waals surface area contributed by atoms with E-state index in [1.54, 1.807) is 0 Å². The highest BCUT2D eigenvalue weighted by Gasteiger charge is 2.42. The third-order valence-corrected chi connectivity index (χ3v) is 12.8. The van der Waals surface area contributed by atoms with Crippen LogP contribution in [0.1, 0.15) is 254 Å². The van der Waals surface area contributed by atoms with Gasteiger partial charge >= 0.3 is 23.9 Å². The predicted octanol–water partition coefficient (Wildman–Crippen LogP) is 14.5. The first kappa shape index (κ1) is 60.8. The van der Waals surface area contributed by atoms with Crippen LogP contribution in [0.15, 0.2) is 0 Å². The van der Waals surface area contributed by atoms with Crippen LogP contribution in [0.4, 0.5) is 0 Å². The van der Waals surface area contributed by atoms with E-state index < -0.39 is 11.3 Å². The standard InChI is InChI=1S/C54H103NO8/c1-10-16-22-27-35-47(36-28-23-17-11-2)51(57)61-44-54(43-60-50(56)40-32-33-41-55(8)9,42-49(39-31-26-20-14-5)53(59)63-46(7)34-21-15-6)45-62-52(58)48(37-29-24-18-12-3)38-30-25-19-13-4/h46-49H,10-45H2,1-9H3. The topological polar surface area (TPSA) is 108 Å². The molecule has 0 spiro atoms. The van der Waals surface area contributed by atoms with E-state index >= 15 is 0 Å². The Bertz CT molecular complexity index is 1040. The van der Waals surface area contributed by atoms with Crippen LogP contribution in [0.5, 0.6) is 0 Å². The second-order valence-electron chi connectivity index (χ2n) is 19.6. The zero-order valence-corrected chi connectivity index (χ0v) is 43.0. The summed E-state index contributed by atoms with van der Waals surface area (Å²) >= 11 is 0. The van der Waals surface area contributed by atoms with Gasteiger partial charge in [-0.1, -0.05) is 183 Å². The molecule has 0 N–H and O–H groups in total. The Balaban J connectivity index is 7.09. The minimum atomic E-state index is -1.13. The molecule has 0 saturated carbocycles. The Morgan fingerprint density at radius 3 is 1.19 bits per heavy atom. The van der Waals surface area contributed by atoms with E-state index in [1.165, 1.54) is 0 Å². The lowest BCUT2D eigenvalue weighted by Crippen LogP contribution is -2.43. The van der Waals surface area contributed by atoms with E-state index in [1.807, 2.05) is 21.0 Å². The summed E-state index contributed by atoms with van der Waals surface area (Å²) in [6.45, 7) is 15.6. The average molecular weight is 894 g/mol. The molecule has 0 radical (unpaired) electrons. The highest BCUT2D eigenvalue weighted by molar-refractivity contribution is 5.74. The summed E-state index contributed by atoms with van der Waals surface area (Å²) in [4.78, 5) is 58.3. The molecule has 63 heavy (non-hydrogen) atoms. The van der Waals surface area contributed by atoms with E-state index in [0.29, 0.717) is 12.8 Å². The lowest BCUT2D eigenvalue weighted by Gasteiger charge is -2.36. The van der Waals surface area contributed by atoms with Gasteiger partial charge in [0.15, 0.2) is 0 Å². The number of hydrogen-bond acceptors (Lipinski definition) is 9. The second kappa shape index (κ2) is 41.3. The van der Waals surface area contributed by atoms with Crippen molar-refractivity contribution in [1.82, 2.24) is 4.90 Å². The molecule has 2 unspecified atom stereocenters. The molecule has 0 aromatic heterocycles. The minimum Gasteiger partial charge on any atom is -0.465 e. The zero-order valence-electron chi connectivity index (χ0n) is 43.0. The van der Waals surface area contributed by atoms with Crippen molar-refractivity contribution in [2.45, 2.75) is 260 Å². The molecule has 9 nitrogen and oxygen atoms in total. The summed E-state index contributed by atoms with van der Waals surface area (Å²) in [6, 6.07) is 0. The molecule has 0 saturated heterocycles. The number of esters is 4. The number of nitrogens with zero attached hydrogens (tertiary/aromatic N) is 1. The highest BCUT2D eigenvalue weighted by atomic mass is 16.6. The normalized spacial score (nSPS) is 12.8. The van der Waals surface area contributed by atoms with Crippen molar-refractivity contribution in [2.75, 3.05) is 40.5 Å². The number of ether oxygens (including phenoxy) is 4. The minimum absolute atomic E-state index is 0.102. The van der Waals surface area contributed by atoms with Crippen LogP contribution >= 0.6 is 0 Å². The van der Waals surface area contributed by atoms with Gasteiger partial charge in [-0.2, -0.15) is 0 Å². The number of hydrogen-bond donors (Lipinski definition) is 0. The summed E-state index contributed by atoms with van der Waals surface area (Å²) in [5.41, 5.74) is -1.13. The first-order valence-corrected chi connectivity index (χ1v) is 26.8. The van der Waals surface area contributed by atoms with Crippen molar-refractivity contribution in [1.29, 1.82) is 0 Å². The Morgan fingerprint density at radius 2 is 0.810 bits per heavy atom. The molecule has 0 fully saturated rings. The lowest BCUT2D eigenvalue weighted by molar-refractivity contribution is -0.170. The maximum Gasteiger partial charge on any atom is 0.309 e. The molecule has 0 aliphatic heterocycles. The molecule has 0 amide bonds. The summed E-state index contributed by atoms with van der Waals surface area (Å²) in [7, 11) is 4.04. The van der Waals surface area contributed by atoms with Gasteiger partial charge in [0, 0.05) is 6.42 Å². The SMILES string of the molecule is CCCCCCC(CCCCCC)C(=O)OCC(COC(=O)CCCCN(C)C)(COC(=O)C(CCCCCC)CCCCCC)CC(CCCCCC)C(=O)OC(C)CCCC. The number of unbranched alkanes of at least 4 members (excludes halogenated alkanes) is 17. The third-order valence-electron chi connectivity index (χ3n) is 12.8. The average Bonchev–Trinajstić information content (AvgIpc) is 3.27. The van der Waals surface area contributed by atoms with Crippen LogP contribution in [0, 0.1) is 23.2 Å². The van der Waals surface area contributed by atoms with E-state index in [-0.39, 0.29) is 74.5 Å². The van der Waals surface area contributed by atoms with Gasteiger partial charge in [0.25, 0.3) is 0 Å². The van der Waals surface area contributed by atoms with E-state index in [2.05, 4.69) is 46.4 Å². The Morgan fingerprint density at radius 1 is 0.429 bits per heavy atom. The first-order valence-electron chi connectivity index (χ1n) is 26.8. The number of carbonyl (C=O) groups is 4. The fourth-order valence-corrected chi connectivity index (χ4v) is 8.51. The van der Waals surface area contributed by atoms with Crippen molar-refractivity contribution in [3.63, 3.8) is 0 Å². The van der Waals surface area contributed by atoms with Crippen LogP contribution < -0.4 is 0 Å². The summed E-state index contributed by atoms with van der Waals surface area (Å²) < 4.78 is 25.1. The van der Waals surface area contributed by atoms with Crippen molar-refractivity contribution >= 4 is 23.9 Å². The van der Waals surface area contributed by atoms with Crippen LogP contribution in [-0.2, 0) is 38.1 Å². The zero-order chi connectivity index (χ0) is 47.0. The smallest absolute Gasteiger partial charge is 0.309 e. The van der Waals surface area contributed by atoms with Crippen LogP contribution in [0.25, 0.3) is 0 Å². The number of rotatable bonds is 45. The highest BCUT2D eigenvalue weighted by Crippen LogP contribution is 2.35. The van der Waals surface area contributed by atoms with Gasteiger partial charge in [0.2, 0.25) is 0 Å². The second-order valence-corrected chi connectivity index (χ2v) is 19.6. The Labute approximate surface area is 389 Å². The van der Waals surface area contributed by atoms with Crippen LogP contribution in [-0.4, -0.2) is 75.3 Å². The van der Waals surface area contributed by atoms with Crippen LogP contribution in [0.3, 0.4) is 0 Å². The summed E-state index contributed by atoms with van der Waals surface area (Å²) in [5, 5.41) is 0. The largest absolute Gasteiger partial charge is 0.465 e. The lowest BCUT2D eigenvalue weighted by atomic mass is 9.78. The maximum absolute atomic E-state index is 14.3. The molecule has 0 rings (SSSR count). The fourth-order valence-electron chi connectivity index (χ4n) is 8.51. The summed E-state index contributed by atoms with van der Waals surface area (Å²) in [6.07, 6.45) is 29.4. The quantitative estimate of drug-likeness (QED) is 0.0335. The third kappa shape index (κ3) is 33.0. The van der Waals surface area contributed by atoms with Crippen molar-refractivity contribution in [3.8, 4) is 0 Å². The van der Waals surface area contributed by atoms with E-state index in [9.17, 15) is 19.2 Å². The number of carbonyl (C=O) groups excluding carboxylic acids is 4. The molecular formula is C54H103NO8. The van der Waals surface area contributed by atoms with Gasteiger partial charge in [0.1, 0.15) is 19.8 Å². The van der Waals surface area contributed by atoms with Gasteiger partial charge in [-0.15, -0.1) is 0 Å². The van der Waals surface area contributed by atoms with Gasteiger partial charge in [-0.3, -0.25) is 19.2 Å². The van der Waals surface area contributed by atoms with Gasteiger partial charge in [0.05, 0.1) is 29.3 Å². The van der Waals surface area contributed by atoms with Gasteiger partial charge in [-0.25, -0.2) is 0 Å². The monoisotopic (exact) mass is 894 g/mol. The fraction of sp³-hybridized carbons (Fsp3) is 0.926. The van der Waals surface area contributed by atoms with Gasteiger partial charge < -0.3 is 23.8 Å². The van der Waals surface area contributed by atoms with Crippen LogP contribution in [0.2, 0.25) is 0 Å². The Kier molecular flexibility index (Phi) is 39.9.